The molecule has 6 nitrogen and oxygen atoms in total. The van der Waals surface area contributed by atoms with E-state index in [2.05, 4.69) is 15.6 Å². The van der Waals surface area contributed by atoms with E-state index in [4.69, 9.17) is 15.2 Å². The van der Waals surface area contributed by atoms with Crippen LogP contribution in [0.2, 0.25) is 0 Å². The van der Waals surface area contributed by atoms with Crippen molar-refractivity contribution >= 4 is 23.4 Å². The van der Waals surface area contributed by atoms with Gasteiger partial charge in [0.2, 0.25) is 0 Å². The Bertz CT molecular complexity index is 698. The van der Waals surface area contributed by atoms with Crippen LogP contribution < -0.4 is 25.8 Å². The Labute approximate surface area is 129 Å². The van der Waals surface area contributed by atoms with Crippen molar-refractivity contribution in [3.63, 3.8) is 0 Å². The first-order chi connectivity index (χ1) is 10.7. The maximum Gasteiger partial charge on any atom is 0.162 e. The average molecular weight is 298 g/mol. The topological polar surface area (TPSA) is 80.9 Å². The molecule has 0 radical (unpaired) electrons. The molecular weight excluding hydrogens is 280 g/mol. The van der Waals surface area contributed by atoms with E-state index >= 15 is 0 Å². The van der Waals surface area contributed by atoms with Gasteiger partial charge in [-0.05, 0) is 30.3 Å². The van der Waals surface area contributed by atoms with E-state index in [0.29, 0.717) is 11.5 Å². The molecule has 3 rings (SSSR count). The number of nitrogen functional groups attached to an aromatic ring is 1. The number of rotatable bonds is 4. The Morgan fingerprint density at radius 1 is 1.09 bits per heavy atom. The molecule has 0 saturated carbocycles. The van der Waals surface area contributed by atoms with E-state index < -0.39 is 0 Å². The Morgan fingerprint density at radius 3 is 2.45 bits per heavy atom. The summed E-state index contributed by atoms with van der Waals surface area (Å²) in [5, 5.41) is 6.49. The quantitative estimate of drug-likeness (QED) is 0.756. The van der Waals surface area contributed by atoms with Crippen molar-refractivity contribution in [3.05, 3.63) is 42.0 Å². The molecule has 1 heterocycles. The van der Waals surface area contributed by atoms with Gasteiger partial charge >= 0.3 is 0 Å². The number of methoxy groups -OCH3 is 2. The molecule has 1 unspecified atom stereocenters. The van der Waals surface area contributed by atoms with Gasteiger partial charge in [0.15, 0.2) is 11.5 Å². The molecule has 1 atom stereocenters. The standard InChI is InChI=1S/C16H18N4O2/c1-21-14-7-12-13(8-15(14)22-2)18-9-19-16(12)20-11-5-3-10(17)4-6-11/h3-9,16,20H,17H2,1-2H3,(H,18,19). The molecule has 1 aliphatic heterocycles. The molecule has 0 saturated heterocycles. The highest BCUT2D eigenvalue weighted by Crippen LogP contribution is 2.38. The molecule has 0 fully saturated rings. The van der Waals surface area contributed by atoms with Crippen LogP contribution in [0, 0.1) is 0 Å². The second kappa shape index (κ2) is 5.85. The lowest BCUT2D eigenvalue weighted by Crippen LogP contribution is -2.17. The zero-order chi connectivity index (χ0) is 15.5. The van der Waals surface area contributed by atoms with Crippen molar-refractivity contribution in [3.8, 4) is 11.5 Å². The first-order valence-corrected chi connectivity index (χ1v) is 6.87. The largest absolute Gasteiger partial charge is 0.493 e. The third kappa shape index (κ3) is 2.63. The lowest BCUT2D eigenvalue weighted by atomic mass is 10.1. The smallest absolute Gasteiger partial charge is 0.162 e. The van der Waals surface area contributed by atoms with Crippen molar-refractivity contribution in [1.29, 1.82) is 0 Å². The summed E-state index contributed by atoms with van der Waals surface area (Å²) < 4.78 is 10.7. The summed E-state index contributed by atoms with van der Waals surface area (Å²) in [6, 6.07) is 11.4. The normalized spacial score (nSPS) is 15.6. The summed E-state index contributed by atoms with van der Waals surface area (Å²) in [7, 11) is 3.23. The van der Waals surface area contributed by atoms with Crippen LogP contribution in [0.4, 0.5) is 17.1 Å². The van der Waals surface area contributed by atoms with E-state index in [0.717, 1.165) is 22.6 Å². The third-order valence-corrected chi connectivity index (χ3v) is 3.51. The van der Waals surface area contributed by atoms with Crippen LogP contribution >= 0.6 is 0 Å². The zero-order valence-corrected chi connectivity index (χ0v) is 12.5. The van der Waals surface area contributed by atoms with Gasteiger partial charge in [-0.3, -0.25) is 0 Å². The van der Waals surface area contributed by atoms with Gasteiger partial charge in [0.05, 0.1) is 26.2 Å². The fraction of sp³-hybridized carbons (Fsp3) is 0.188. The highest BCUT2D eigenvalue weighted by molar-refractivity contribution is 5.82. The van der Waals surface area contributed by atoms with Crippen LogP contribution in [-0.4, -0.2) is 20.6 Å². The van der Waals surface area contributed by atoms with Crippen LogP contribution in [0.1, 0.15) is 11.7 Å². The van der Waals surface area contributed by atoms with Crippen LogP contribution in [0.3, 0.4) is 0 Å². The minimum Gasteiger partial charge on any atom is -0.493 e. The van der Waals surface area contributed by atoms with Gasteiger partial charge < -0.3 is 25.8 Å². The number of nitrogens with one attached hydrogen (secondary N) is 2. The average Bonchev–Trinajstić information content (AvgIpc) is 2.56. The predicted molar refractivity (Wildman–Crippen MR) is 88.9 cm³/mol. The van der Waals surface area contributed by atoms with Crippen molar-refractivity contribution in [1.82, 2.24) is 0 Å². The zero-order valence-electron chi connectivity index (χ0n) is 12.5. The minimum atomic E-state index is -0.209. The van der Waals surface area contributed by atoms with Gasteiger partial charge in [0.1, 0.15) is 6.17 Å². The molecule has 0 aliphatic carbocycles. The number of anilines is 3. The lowest BCUT2D eigenvalue weighted by Gasteiger charge is -2.24. The monoisotopic (exact) mass is 298 g/mol. The highest BCUT2D eigenvalue weighted by atomic mass is 16.5. The fourth-order valence-electron chi connectivity index (χ4n) is 2.36. The predicted octanol–water partition coefficient (Wildman–Crippen LogP) is 2.85. The van der Waals surface area contributed by atoms with E-state index in [1.54, 1.807) is 20.6 Å². The van der Waals surface area contributed by atoms with Gasteiger partial charge in [0, 0.05) is 23.0 Å². The fourth-order valence-corrected chi connectivity index (χ4v) is 2.36. The first kappa shape index (κ1) is 14.1. The van der Waals surface area contributed by atoms with Gasteiger partial charge in [-0.15, -0.1) is 0 Å². The van der Waals surface area contributed by atoms with Gasteiger partial charge in [0.25, 0.3) is 0 Å². The number of hydrogen-bond acceptors (Lipinski definition) is 6. The van der Waals surface area contributed by atoms with E-state index in [1.807, 2.05) is 36.4 Å². The van der Waals surface area contributed by atoms with E-state index in [1.165, 1.54) is 0 Å². The van der Waals surface area contributed by atoms with Crippen molar-refractivity contribution in [2.75, 3.05) is 30.6 Å². The Balaban J connectivity index is 1.93. The Morgan fingerprint density at radius 2 is 1.77 bits per heavy atom. The van der Waals surface area contributed by atoms with Gasteiger partial charge in [-0.1, -0.05) is 0 Å². The molecule has 0 amide bonds. The van der Waals surface area contributed by atoms with Gasteiger partial charge in [-0.25, -0.2) is 4.99 Å². The molecule has 0 bridgehead atoms. The number of fused-ring (bicyclic) bond motifs is 1. The summed E-state index contributed by atoms with van der Waals surface area (Å²) >= 11 is 0. The number of nitrogens with two attached hydrogens (primary N) is 1. The minimum absolute atomic E-state index is 0.209. The summed E-state index contributed by atoms with van der Waals surface area (Å²) in [4.78, 5) is 4.44. The van der Waals surface area contributed by atoms with Crippen molar-refractivity contribution in [2.45, 2.75) is 6.17 Å². The number of hydrogen-bond donors (Lipinski definition) is 3. The summed E-state index contributed by atoms with van der Waals surface area (Å²) in [5.74, 6) is 1.35. The van der Waals surface area contributed by atoms with Crippen LogP contribution in [-0.2, 0) is 0 Å². The molecule has 2 aromatic carbocycles. The van der Waals surface area contributed by atoms with Gasteiger partial charge in [-0.2, -0.15) is 0 Å². The maximum absolute atomic E-state index is 5.71. The van der Waals surface area contributed by atoms with Crippen LogP contribution in [0.25, 0.3) is 0 Å². The van der Waals surface area contributed by atoms with Crippen LogP contribution in [0.5, 0.6) is 11.5 Å². The van der Waals surface area contributed by atoms with E-state index in [9.17, 15) is 0 Å². The molecule has 22 heavy (non-hydrogen) atoms. The maximum atomic E-state index is 5.71. The molecular formula is C16H18N4O2. The summed E-state index contributed by atoms with van der Waals surface area (Å²) in [5.41, 5.74) is 9.29. The second-order valence-electron chi connectivity index (χ2n) is 4.89. The molecule has 0 spiro atoms. The van der Waals surface area contributed by atoms with E-state index in [-0.39, 0.29) is 6.17 Å². The number of aliphatic imine (C=N–C) groups is 1. The lowest BCUT2D eigenvalue weighted by molar-refractivity contribution is 0.354. The number of nitrogens with zero attached hydrogens (tertiary/aromatic N) is 1. The van der Waals surface area contributed by atoms with Crippen molar-refractivity contribution in [2.24, 2.45) is 4.99 Å². The molecule has 1 aliphatic rings. The third-order valence-electron chi connectivity index (χ3n) is 3.51. The highest BCUT2D eigenvalue weighted by Gasteiger charge is 2.20. The molecule has 114 valence electrons. The molecule has 0 aromatic heterocycles. The second-order valence-corrected chi connectivity index (χ2v) is 4.89. The summed E-state index contributed by atoms with van der Waals surface area (Å²) in [6.45, 7) is 0. The summed E-state index contributed by atoms with van der Waals surface area (Å²) in [6.07, 6.45) is 1.46. The Hall–Kier alpha value is -2.89. The number of benzene rings is 2. The number of ether oxygens (including phenoxy) is 2. The first-order valence-electron chi connectivity index (χ1n) is 6.87. The molecule has 4 N–H and O–H groups in total. The van der Waals surface area contributed by atoms with Crippen LogP contribution in [0.15, 0.2) is 41.4 Å². The molecule has 6 heteroatoms. The Kier molecular flexibility index (Phi) is 3.74. The molecule has 2 aromatic rings. The SMILES string of the molecule is COc1cc2c(cc1OC)C(Nc1ccc(N)cc1)N=CN2. The van der Waals surface area contributed by atoms with Crippen molar-refractivity contribution < 1.29 is 9.47 Å².